The van der Waals surface area contributed by atoms with E-state index in [9.17, 15) is 14.7 Å². The fourth-order valence-electron chi connectivity index (χ4n) is 4.07. The molecule has 8 heteroatoms. The molecule has 0 aliphatic carbocycles. The molecule has 8 nitrogen and oxygen atoms in total. The fourth-order valence-corrected chi connectivity index (χ4v) is 4.07. The smallest absolute Gasteiger partial charge is 0.295 e. The van der Waals surface area contributed by atoms with Crippen molar-refractivity contribution in [2.24, 2.45) is 5.92 Å². The quantitative estimate of drug-likeness (QED) is 0.309. The van der Waals surface area contributed by atoms with Crippen molar-refractivity contribution in [1.29, 1.82) is 0 Å². The van der Waals surface area contributed by atoms with E-state index in [4.69, 9.17) is 18.9 Å². The number of Topliss-reactive ketones (excluding diaryl/α,β-unsaturated/α-hetero) is 1. The lowest BCUT2D eigenvalue weighted by molar-refractivity contribution is -0.140. The Balaban J connectivity index is 2.13. The van der Waals surface area contributed by atoms with E-state index in [2.05, 4.69) is 13.8 Å². The first-order valence-corrected chi connectivity index (χ1v) is 11.5. The van der Waals surface area contributed by atoms with Crippen LogP contribution in [0.2, 0.25) is 0 Å². The van der Waals surface area contributed by atoms with Gasteiger partial charge in [0.05, 0.1) is 39.0 Å². The first-order valence-electron chi connectivity index (χ1n) is 11.5. The van der Waals surface area contributed by atoms with Crippen LogP contribution in [0.5, 0.6) is 17.2 Å². The summed E-state index contributed by atoms with van der Waals surface area (Å²) < 4.78 is 21.7. The number of ether oxygens (including phenoxy) is 4. The third-order valence-corrected chi connectivity index (χ3v) is 5.84. The van der Waals surface area contributed by atoms with Gasteiger partial charge in [-0.25, -0.2) is 0 Å². The number of hydrogen-bond donors (Lipinski definition) is 1. The highest BCUT2D eigenvalue weighted by atomic mass is 16.5. The minimum absolute atomic E-state index is 0.0114. The van der Waals surface area contributed by atoms with Crippen LogP contribution in [0.4, 0.5) is 0 Å². The molecule has 3 rings (SSSR count). The van der Waals surface area contributed by atoms with Gasteiger partial charge in [0.25, 0.3) is 11.7 Å². The van der Waals surface area contributed by atoms with E-state index in [0.29, 0.717) is 40.9 Å². The van der Waals surface area contributed by atoms with Crippen LogP contribution in [0.1, 0.15) is 36.6 Å². The summed E-state index contributed by atoms with van der Waals surface area (Å²) in [5, 5.41) is 11.4. The van der Waals surface area contributed by atoms with Crippen molar-refractivity contribution in [3.05, 3.63) is 58.7 Å². The summed E-state index contributed by atoms with van der Waals surface area (Å²) in [6.45, 7) is 6.92. The minimum Gasteiger partial charge on any atom is -0.507 e. The van der Waals surface area contributed by atoms with E-state index in [-0.39, 0.29) is 24.5 Å². The van der Waals surface area contributed by atoms with Gasteiger partial charge in [-0.15, -0.1) is 0 Å². The van der Waals surface area contributed by atoms with Crippen LogP contribution < -0.4 is 14.2 Å². The molecule has 1 heterocycles. The van der Waals surface area contributed by atoms with Crippen LogP contribution >= 0.6 is 0 Å². The molecule has 1 aliphatic rings. The maximum absolute atomic E-state index is 13.2. The lowest BCUT2D eigenvalue weighted by Gasteiger charge is -2.25. The molecule has 188 valence electrons. The SMILES string of the molecule is COCCN1C(=O)C(=O)/C(=C(/O)c2ccc(OCC(C)C)cc2C)C1c1ccc(OC)c(OC)c1. The Kier molecular flexibility index (Phi) is 8.40. The van der Waals surface area contributed by atoms with Gasteiger partial charge in [0.2, 0.25) is 0 Å². The van der Waals surface area contributed by atoms with Crippen molar-refractivity contribution in [2.45, 2.75) is 26.8 Å². The second-order valence-corrected chi connectivity index (χ2v) is 8.78. The van der Waals surface area contributed by atoms with Gasteiger partial charge in [0.15, 0.2) is 11.5 Å². The third kappa shape index (κ3) is 5.43. The number of hydrogen-bond acceptors (Lipinski definition) is 7. The van der Waals surface area contributed by atoms with Crippen LogP contribution in [0.25, 0.3) is 5.76 Å². The second kappa shape index (κ2) is 11.3. The Morgan fingerprint density at radius 1 is 1.03 bits per heavy atom. The number of nitrogens with zero attached hydrogens (tertiary/aromatic N) is 1. The molecule has 2 aromatic rings. The Hall–Kier alpha value is -3.52. The maximum atomic E-state index is 13.2. The van der Waals surface area contributed by atoms with Crippen LogP contribution in [0.3, 0.4) is 0 Å². The molecule has 35 heavy (non-hydrogen) atoms. The number of methoxy groups -OCH3 is 3. The van der Waals surface area contributed by atoms with E-state index in [1.807, 2.05) is 13.0 Å². The van der Waals surface area contributed by atoms with Crippen LogP contribution in [0.15, 0.2) is 42.0 Å². The first-order chi connectivity index (χ1) is 16.7. The highest BCUT2D eigenvalue weighted by Crippen LogP contribution is 2.42. The van der Waals surface area contributed by atoms with Crippen molar-refractivity contribution in [3.8, 4) is 17.2 Å². The molecule has 1 atom stereocenters. The van der Waals surface area contributed by atoms with Gasteiger partial charge >= 0.3 is 0 Å². The van der Waals surface area contributed by atoms with Gasteiger partial charge < -0.3 is 29.0 Å². The molecular formula is C27H33NO7. The topological polar surface area (TPSA) is 94.5 Å². The number of carbonyl (C=O) groups is 2. The van der Waals surface area contributed by atoms with E-state index >= 15 is 0 Å². The summed E-state index contributed by atoms with van der Waals surface area (Å²) in [5.74, 6) is 0.313. The summed E-state index contributed by atoms with van der Waals surface area (Å²) in [5.41, 5.74) is 1.79. The van der Waals surface area contributed by atoms with Gasteiger partial charge in [-0.3, -0.25) is 9.59 Å². The number of aryl methyl sites for hydroxylation is 1. The number of amides is 1. The van der Waals surface area contributed by atoms with Crippen LogP contribution in [0, 0.1) is 12.8 Å². The summed E-state index contributed by atoms with van der Waals surface area (Å²) in [4.78, 5) is 27.6. The van der Waals surface area contributed by atoms with Crippen molar-refractivity contribution in [2.75, 3.05) is 41.1 Å². The van der Waals surface area contributed by atoms with Gasteiger partial charge in [0.1, 0.15) is 11.5 Å². The Labute approximate surface area is 206 Å². The predicted molar refractivity (Wildman–Crippen MR) is 132 cm³/mol. The molecule has 1 aliphatic heterocycles. The molecule has 0 radical (unpaired) electrons. The molecule has 2 aromatic carbocycles. The van der Waals surface area contributed by atoms with Crippen molar-refractivity contribution in [1.82, 2.24) is 4.90 Å². The van der Waals surface area contributed by atoms with E-state index < -0.39 is 17.7 Å². The minimum atomic E-state index is -0.818. The summed E-state index contributed by atoms with van der Waals surface area (Å²) >= 11 is 0. The number of aliphatic hydroxyl groups is 1. The number of likely N-dealkylation sites (tertiary alicyclic amines) is 1. The molecule has 0 aromatic heterocycles. The summed E-state index contributed by atoms with van der Waals surface area (Å²) in [7, 11) is 4.56. The van der Waals surface area contributed by atoms with Crippen molar-refractivity contribution in [3.63, 3.8) is 0 Å². The van der Waals surface area contributed by atoms with E-state index in [0.717, 1.165) is 5.56 Å². The van der Waals surface area contributed by atoms with Crippen molar-refractivity contribution >= 4 is 17.4 Å². The third-order valence-electron chi connectivity index (χ3n) is 5.84. The normalized spacial score (nSPS) is 17.2. The highest BCUT2D eigenvalue weighted by Gasteiger charge is 2.46. The highest BCUT2D eigenvalue weighted by molar-refractivity contribution is 6.46. The van der Waals surface area contributed by atoms with Gasteiger partial charge in [-0.1, -0.05) is 19.9 Å². The number of rotatable bonds is 10. The fraction of sp³-hybridized carbons (Fsp3) is 0.407. The Bertz CT molecular complexity index is 1120. The zero-order valence-electron chi connectivity index (χ0n) is 21.1. The molecular weight excluding hydrogens is 450 g/mol. The van der Waals surface area contributed by atoms with Gasteiger partial charge in [0, 0.05) is 19.2 Å². The maximum Gasteiger partial charge on any atom is 0.295 e. The number of carbonyl (C=O) groups excluding carboxylic acids is 2. The standard InChI is InChI=1S/C27H33NO7/c1-16(2)15-35-19-8-9-20(17(3)13-19)25(29)23-24(28(11-12-32-4)27(31)26(23)30)18-7-10-21(33-5)22(14-18)34-6/h7-10,13-14,16,24,29H,11-12,15H2,1-6H3/b25-23+. The predicted octanol–water partition coefficient (Wildman–Crippen LogP) is 4.12. The lowest BCUT2D eigenvalue weighted by Crippen LogP contribution is -2.32. The molecule has 1 fully saturated rings. The van der Waals surface area contributed by atoms with Gasteiger partial charge in [-0.05, 0) is 54.3 Å². The average molecular weight is 484 g/mol. The number of benzene rings is 2. The molecule has 0 saturated carbocycles. The average Bonchev–Trinajstić information content (AvgIpc) is 3.10. The molecule has 0 spiro atoms. The molecule has 0 bridgehead atoms. The van der Waals surface area contributed by atoms with Crippen LogP contribution in [-0.4, -0.2) is 62.8 Å². The second-order valence-electron chi connectivity index (χ2n) is 8.78. The lowest BCUT2D eigenvalue weighted by atomic mass is 9.93. The first kappa shape index (κ1) is 26.1. The number of aliphatic hydroxyl groups excluding tert-OH is 1. The summed E-state index contributed by atoms with van der Waals surface area (Å²) in [6, 6.07) is 9.60. The van der Waals surface area contributed by atoms with Crippen LogP contribution in [-0.2, 0) is 14.3 Å². The zero-order valence-corrected chi connectivity index (χ0v) is 21.1. The monoisotopic (exact) mass is 483 g/mol. The molecule has 1 amide bonds. The Morgan fingerprint density at radius 3 is 2.34 bits per heavy atom. The van der Waals surface area contributed by atoms with Gasteiger partial charge in [-0.2, -0.15) is 0 Å². The zero-order chi connectivity index (χ0) is 25.7. The largest absolute Gasteiger partial charge is 0.507 e. The van der Waals surface area contributed by atoms with Crippen molar-refractivity contribution < 1.29 is 33.6 Å². The molecule has 1 unspecified atom stereocenters. The van der Waals surface area contributed by atoms with E-state index in [1.165, 1.54) is 26.2 Å². The number of ketones is 1. The molecule has 1 saturated heterocycles. The molecule has 1 N–H and O–H groups in total. The van der Waals surface area contributed by atoms with E-state index in [1.54, 1.807) is 30.3 Å². The Morgan fingerprint density at radius 2 is 1.74 bits per heavy atom. The summed E-state index contributed by atoms with van der Waals surface area (Å²) in [6.07, 6.45) is 0.